The van der Waals surface area contributed by atoms with Gasteiger partial charge in [-0.05, 0) is 66.7 Å². The van der Waals surface area contributed by atoms with Crippen LogP contribution in [0.25, 0.3) is 55.6 Å². The minimum Gasteiger partial charge on any atom is -0.265 e. The zero-order valence-electron chi connectivity index (χ0n) is 16.4. The first kappa shape index (κ1) is 16.9. The molecular formula is C29H19N. The predicted molar refractivity (Wildman–Crippen MR) is 129 cm³/mol. The Labute approximate surface area is 175 Å². The lowest BCUT2D eigenvalue weighted by molar-refractivity contribution is 1.33. The molecule has 0 atom stereocenters. The van der Waals surface area contributed by atoms with E-state index >= 15 is 0 Å². The molecule has 0 saturated carbocycles. The average Bonchev–Trinajstić information content (AvgIpc) is 2.82. The quantitative estimate of drug-likeness (QED) is 0.225. The number of nitrogens with zero attached hydrogens (tertiary/aromatic N) is 1. The van der Waals surface area contributed by atoms with Crippen molar-refractivity contribution < 1.29 is 0 Å². The SMILES string of the molecule is C(=C\c1ccc2ccc3cccc4ccc1c2c34)/c1ccc(-c2ccncc2)cc1. The van der Waals surface area contributed by atoms with Gasteiger partial charge in [0.05, 0.1) is 0 Å². The minimum atomic E-state index is 1.19. The molecule has 0 aliphatic heterocycles. The number of aromatic nitrogens is 1. The molecule has 0 amide bonds. The van der Waals surface area contributed by atoms with E-state index in [1.807, 2.05) is 24.5 Å². The van der Waals surface area contributed by atoms with E-state index in [-0.39, 0.29) is 0 Å². The fourth-order valence-corrected chi connectivity index (χ4v) is 4.42. The van der Waals surface area contributed by atoms with Crippen molar-refractivity contribution in [3.8, 4) is 11.1 Å². The molecule has 0 saturated heterocycles. The molecule has 140 valence electrons. The van der Waals surface area contributed by atoms with E-state index in [4.69, 9.17) is 0 Å². The molecule has 1 aromatic heterocycles. The van der Waals surface area contributed by atoms with Crippen molar-refractivity contribution in [2.75, 3.05) is 0 Å². The van der Waals surface area contributed by atoms with Crippen molar-refractivity contribution in [2.24, 2.45) is 0 Å². The third kappa shape index (κ3) is 2.75. The van der Waals surface area contributed by atoms with Crippen molar-refractivity contribution in [1.82, 2.24) is 4.98 Å². The monoisotopic (exact) mass is 381 g/mol. The first-order valence-electron chi connectivity index (χ1n) is 10.2. The van der Waals surface area contributed by atoms with Gasteiger partial charge in [-0.2, -0.15) is 0 Å². The van der Waals surface area contributed by atoms with E-state index in [1.54, 1.807) is 0 Å². The van der Waals surface area contributed by atoms with Crippen LogP contribution in [0.1, 0.15) is 11.1 Å². The lowest BCUT2D eigenvalue weighted by atomic mass is 9.92. The van der Waals surface area contributed by atoms with Crippen LogP contribution < -0.4 is 0 Å². The van der Waals surface area contributed by atoms with E-state index < -0.39 is 0 Å². The number of hydrogen-bond acceptors (Lipinski definition) is 1. The summed E-state index contributed by atoms with van der Waals surface area (Å²) in [7, 11) is 0. The van der Waals surface area contributed by atoms with E-state index in [9.17, 15) is 0 Å². The Kier molecular flexibility index (Phi) is 3.85. The average molecular weight is 381 g/mol. The Morgan fingerprint density at radius 3 is 1.90 bits per heavy atom. The first-order valence-corrected chi connectivity index (χ1v) is 10.2. The lowest BCUT2D eigenvalue weighted by Gasteiger charge is -2.12. The van der Waals surface area contributed by atoms with Crippen molar-refractivity contribution in [3.63, 3.8) is 0 Å². The molecule has 1 heterocycles. The van der Waals surface area contributed by atoms with Gasteiger partial charge in [-0.1, -0.05) is 91.0 Å². The highest BCUT2D eigenvalue weighted by Crippen LogP contribution is 2.36. The third-order valence-electron chi connectivity index (χ3n) is 5.94. The van der Waals surface area contributed by atoms with E-state index in [0.29, 0.717) is 0 Å². The van der Waals surface area contributed by atoms with Crippen LogP contribution in [0.5, 0.6) is 0 Å². The zero-order valence-corrected chi connectivity index (χ0v) is 16.4. The lowest BCUT2D eigenvalue weighted by Crippen LogP contribution is -1.86. The maximum Gasteiger partial charge on any atom is 0.0273 e. The summed E-state index contributed by atoms with van der Waals surface area (Å²) in [5.74, 6) is 0. The molecule has 0 bridgehead atoms. The summed E-state index contributed by atoms with van der Waals surface area (Å²) in [5, 5.41) is 7.94. The molecule has 0 radical (unpaired) electrons. The first-order chi connectivity index (χ1) is 14.9. The number of rotatable bonds is 3. The molecule has 0 unspecified atom stereocenters. The third-order valence-corrected chi connectivity index (χ3v) is 5.94. The van der Waals surface area contributed by atoms with Gasteiger partial charge >= 0.3 is 0 Å². The van der Waals surface area contributed by atoms with E-state index in [2.05, 4.69) is 96.0 Å². The summed E-state index contributed by atoms with van der Waals surface area (Å²) in [6.45, 7) is 0. The largest absolute Gasteiger partial charge is 0.265 e. The van der Waals surface area contributed by atoms with Crippen LogP contribution in [0.15, 0.2) is 103 Å². The van der Waals surface area contributed by atoms with E-state index in [1.165, 1.54) is 54.6 Å². The molecule has 0 aliphatic carbocycles. The second-order valence-electron chi connectivity index (χ2n) is 7.70. The molecule has 0 spiro atoms. The summed E-state index contributed by atoms with van der Waals surface area (Å²) in [5.41, 5.74) is 4.84. The zero-order chi connectivity index (χ0) is 19.9. The fourth-order valence-electron chi connectivity index (χ4n) is 4.42. The summed E-state index contributed by atoms with van der Waals surface area (Å²) in [4.78, 5) is 4.10. The van der Waals surface area contributed by atoms with Gasteiger partial charge in [0.25, 0.3) is 0 Å². The van der Waals surface area contributed by atoms with Crippen molar-refractivity contribution in [3.05, 3.63) is 115 Å². The smallest absolute Gasteiger partial charge is 0.0273 e. The minimum absolute atomic E-state index is 1.19. The van der Waals surface area contributed by atoms with Gasteiger partial charge in [-0.3, -0.25) is 4.98 Å². The Hall–Kier alpha value is -3.97. The number of hydrogen-bond donors (Lipinski definition) is 0. The van der Waals surface area contributed by atoms with Gasteiger partial charge in [0, 0.05) is 12.4 Å². The normalized spacial score (nSPS) is 11.9. The van der Waals surface area contributed by atoms with Crippen molar-refractivity contribution in [1.29, 1.82) is 0 Å². The summed E-state index contributed by atoms with van der Waals surface area (Å²) < 4.78 is 0. The standard InChI is InChI=1S/C29H19N/c1-2-24-12-13-26-11-10-23(27-15-14-25(3-1)28(24)29(26)27)9-6-20-4-7-21(8-5-20)22-16-18-30-19-17-22/h1-19H/b9-6+. The van der Waals surface area contributed by atoms with Gasteiger partial charge < -0.3 is 0 Å². The van der Waals surface area contributed by atoms with Crippen molar-refractivity contribution >= 4 is 44.5 Å². The van der Waals surface area contributed by atoms with Gasteiger partial charge in [-0.15, -0.1) is 0 Å². The highest BCUT2D eigenvalue weighted by Gasteiger charge is 2.09. The van der Waals surface area contributed by atoms with Crippen LogP contribution >= 0.6 is 0 Å². The van der Waals surface area contributed by atoms with E-state index in [0.717, 1.165) is 0 Å². The highest BCUT2D eigenvalue weighted by molar-refractivity contribution is 6.24. The Morgan fingerprint density at radius 1 is 0.500 bits per heavy atom. The van der Waals surface area contributed by atoms with Crippen molar-refractivity contribution in [2.45, 2.75) is 0 Å². The number of pyridine rings is 1. The molecule has 0 fully saturated rings. The second-order valence-corrected chi connectivity index (χ2v) is 7.70. The molecule has 6 aromatic rings. The van der Waals surface area contributed by atoms with Gasteiger partial charge in [-0.25, -0.2) is 0 Å². The van der Waals surface area contributed by atoms with Crippen LogP contribution in [0, 0.1) is 0 Å². The van der Waals surface area contributed by atoms with Crippen LogP contribution in [-0.4, -0.2) is 4.98 Å². The Bertz CT molecular complexity index is 1490. The maximum atomic E-state index is 4.10. The predicted octanol–water partition coefficient (Wildman–Crippen LogP) is 7.82. The van der Waals surface area contributed by atoms with Crippen LogP contribution in [0.4, 0.5) is 0 Å². The van der Waals surface area contributed by atoms with Gasteiger partial charge in [0.15, 0.2) is 0 Å². The highest BCUT2D eigenvalue weighted by atomic mass is 14.6. The molecule has 0 aliphatic rings. The van der Waals surface area contributed by atoms with Gasteiger partial charge in [0.2, 0.25) is 0 Å². The summed E-state index contributed by atoms with van der Waals surface area (Å²) in [6, 6.07) is 32.7. The summed E-state index contributed by atoms with van der Waals surface area (Å²) in [6.07, 6.45) is 8.09. The van der Waals surface area contributed by atoms with Crippen LogP contribution in [0.3, 0.4) is 0 Å². The Morgan fingerprint density at radius 2 is 1.13 bits per heavy atom. The molecule has 6 rings (SSSR count). The van der Waals surface area contributed by atoms with Crippen LogP contribution in [-0.2, 0) is 0 Å². The molecule has 30 heavy (non-hydrogen) atoms. The molecule has 1 heteroatoms. The topological polar surface area (TPSA) is 12.9 Å². The second kappa shape index (κ2) is 6.82. The summed E-state index contributed by atoms with van der Waals surface area (Å²) >= 11 is 0. The molecule has 5 aromatic carbocycles. The molecule has 0 N–H and O–H groups in total. The van der Waals surface area contributed by atoms with Gasteiger partial charge in [0.1, 0.15) is 0 Å². The number of benzene rings is 5. The maximum absolute atomic E-state index is 4.10. The van der Waals surface area contributed by atoms with Crippen LogP contribution in [0.2, 0.25) is 0 Å². The molecular weight excluding hydrogens is 362 g/mol. The molecule has 1 nitrogen and oxygen atoms in total. The Balaban J connectivity index is 1.42. The fraction of sp³-hybridized carbons (Fsp3) is 0.